The summed E-state index contributed by atoms with van der Waals surface area (Å²) in [5.74, 6) is 0.244. The lowest BCUT2D eigenvalue weighted by Crippen LogP contribution is -2.34. The van der Waals surface area contributed by atoms with Gasteiger partial charge in [-0.05, 0) is 35.7 Å². The van der Waals surface area contributed by atoms with Gasteiger partial charge in [0, 0.05) is 18.3 Å². The van der Waals surface area contributed by atoms with Crippen molar-refractivity contribution in [1.29, 1.82) is 0 Å². The van der Waals surface area contributed by atoms with Crippen LogP contribution in [0, 0.1) is 0 Å². The van der Waals surface area contributed by atoms with Gasteiger partial charge < -0.3 is 9.64 Å². The summed E-state index contributed by atoms with van der Waals surface area (Å²) in [5, 5.41) is 0. The number of amides is 2. The molecule has 126 valence electrons. The van der Waals surface area contributed by atoms with Crippen molar-refractivity contribution in [2.45, 2.75) is 13.0 Å². The molecule has 0 saturated heterocycles. The van der Waals surface area contributed by atoms with Crippen molar-refractivity contribution in [1.82, 2.24) is 4.90 Å². The molecule has 0 spiro atoms. The summed E-state index contributed by atoms with van der Waals surface area (Å²) in [6, 6.07) is 15.4. The number of methoxy groups -OCH3 is 1. The summed E-state index contributed by atoms with van der Waals surface area (Å²) in [6.45, 7) is 0.984. The maximum atomic E-state index is 12.8. The van der Waals surface area contributed by atoms with Crippen LogP contribution in [0.1, 0.15) is 11.1 Å². The highest BCUT2D eigenvalue weighted by Gasteiger charge is 2.36. The number of benzene rings is 2. The third-order valence-corrected chi connectivity index (χ3v) is 4.67. The molecule has 0 fully saturated rings. The molecule has 0 N–H and O–H groups in total. The highest BCUT2D eigenvalue weighted by Crippen LogP contribution is 2.33. The smallest absolute Gasteiger partial charge is 0.277 e. The van der Waals surface area contributed by atoms with Crippen LogP contribution in [-0.2, 0) is 22.6 Å². The molecule has 4 rings (SSSR count). The van der Waals surface area contributed by atoms with Crippen LogP contribution in [0.15, 0.2) is 60.3 Å². The number of carbonyl (C=O) groups is 2. The van der Waals surface area contributed by atoms with Gasteiger partial charge in [-0.15, -0.1) is 0 Å². The van der Waals surface area contributed by atoms with E-state index in [-0.39, 0.29) is 18.4 Å². The Morgan fingerprint density at radius 2 is 1.80 bits per heavy atom. The van der Waals surface area contributed by atoms with Gasteiger partial charge in [-0.25, -0.2) is 0 Å². The molecule has 5 nitrogen and oxygen atoms in total. The zero-order chi connectivity index (χ0) is 17.4. The van der Waals surface area contributed by atoms with Crippen molar-refractivity contribution in [3.8, 4) is 5.75 Å². The van der Waals surface area contributed by atoms with Crippen LogP contribution in [-0.4, -0.2) is 30.4 Å². The van der Waals surface area contributed by atoms with E-state index >= 15 is 0 Å². The molecule has 25 heavy (non-hydrogen) atoms. The normalized spacial score (nSPS) is 16.3. The topological polar surface area (TPSA) is 49.9 Å². The van der Waals surface area contributed by atoms with E-state index in [0.717, 1.165) is 30.0 Å². The van der Waals surface area contributed by atoms with Crippen LogP contribution in [0.25, 0.3) is 0 Å². The fourth-order valence-electron chi connectivity index (χ4n) is 3.34. The molecule has 0 atom stereocenters. The van der Waals surface area contributed by atoms with E-state index in [0.29, 0.717) is 5.70 Å². The van der Waals surface area contributed by atoms with Crippen LogP contribution >= 0.6 is 0 Å². The summed E-state index contributed by atoms with van der Waals surface area (Å²) in [4.78, 5) is 28.4. The van der Waals surface area contributed by atoms with Crippen LogP contribution in [0.4, 0.5) is 5.69 Å². The SMILES string of the molecule is COc1ccc(CN2C(=O)C=C(N3CCc4ccccc43)C2=O)cc1. The van der Waals surface area contributed by atoms with E-state index in [9.17, 15) is 9.59 Å². The molecule has 0 aromatic heterocycles. The lowest BCUT2D eigenvalue weighted by molar-refractivity contribution is -0.137. The van der Waals surface area contributed by atoms with E-state index in [4.69, 9.17) is 4.74 Å². The predicted molar refractivity (Wildman–Crippen MR) is 94.1 cm³/mol. The average molecular weight is 334 g/mol. The van der Waals surface area contributed by atoms with Gasteiger partial charge in [0.15, 0.2) is 0 Å². The lowest BCUT2D eigenvalue weighted by Gasteiger charge is -2.21. The Hall–Kier alpha value is -3.08. The molecular weight excluding hydrogens is 316 g/mol. The van der Waals surface area contributed by atoms with Gasteiger partial charge in [-0.1, -0.05) is 30.3 Å². The largest absolute Gasteiger partial charge is 0.497 e. The first-order chi connectivity index (χ1) is 12.2. The summed E-state index contributed by atoms with van der Waals surface area (Å²) < 4.78 is 5.13. The summed E-state index contributed by atoms with van der Waals surface area (Å²) >= 11 is 0. The maximum Gasteiger partial charge on any atom is 0.277 e. The van der Waals surface area contributed by atoms with Gasteiger partial charge >= 0.3 is 0 Å². The van der Waals surface area contributed by atoms with Crippen molar-refractivity contribution in [3.05, 3.63) is 71.4 Å². The van der Waals surface area contributed by atoms with Crippen molar-refractivity contribution in [3.63, 3.8) is 0 Å². The first-order valence-electron chi connectivity index (χ1n) is 8.23. The second-order valence-corrected chi connectivity index (χ2v) is 6.14. The quantitative estimate of drug-likeness (QED) is 0.806. The van der Waals surface area contributed by atoms with Crippen LogP contribution in [0.3, 0.4) is 0 Å². The number of imide groups is 1. The zero-order valence-corrected chi connectivity index (χ0v) is 13.9. The molecule has 2 aliphatic heterocycles. The number of carbonyl (C=O) groups excluding carboxylic acids is 2. The second kappa shape index (κ2) is 6.09. The minimum Gasteiger partial charge on any atom is -0.497 e. The number of nitrogens with zero attached hydrogens (tertiary/aromatic N) is 2. The average Bonchev–Trinajstić information content (AvgIpc) is 3.18. The molecule has 2 aromatic carbocycles. The molecule has 2 amide bonds. The summed E-state index contributed by atoms with van der Waals surface area (Å²) in [6.07, 6.45) is 2.33. The van der Waals surface area contributed by atoms with Crippen molar-refractivity contribution < 1.29 is 14.3 Å². The summed E-state index contributed by atoms with van der Waals surface area (Å²) in [7, 11) is 1.60. The van der Waals surface area contributed by atoms with Crippen LogP contribution < -0.4 is 9.64 Å². The minimum absolute atomic E-state index is 0.238. The standard InChI is InChI=1S/C20H18N2O3/c1-25-16-8-6-14(7-9-16)13-22-19(23)12-18(20(22)24)21-11-10-15-4-2-3-5-17(15)21/h2-9,12H,10-11,13H2,1H3. The van der Waals surface area contributed by atoms with Gasteiger partial charge in [0.1, 0.15) is 11.4 Å². The Kier molecular flexibility index (Phi) is 3.76. The fourth-order valence-corrected chi connectivity index (χ4v) is 3.34. The van der Waals surface area contributed by atoms with Gasteiger partial charge in [0.05, 0.1) is 13.7 Å². The Morgan fingerprint density at radius 1 is 1.04 bits per heavy atom. The van der Waals surface area contributed by atoms with E-state index in [1.807, 2.05) is 47.4 Å². The number of ether oxygens (including phenoxy) is 1. The molecule has 0 unspecified atom stereocenters. The number of rotatable bonds is 4. The zero-order valence-electron chi connectivity index (χ0n) is 13.9. The van der Waals surface area contributed by atoms with Crippen molar-refractivity contribution >= 4 is 17.5 Å². The van der Waals surface area contributed by atoms with Crippen molar-refractivity contribution in [2.75, 3.05) is 18.6 Å². The van der Waals surface area contributed by atoms with Gasteiger partial charge in [0.25, 0.3) is 11.8 Å². The van der Waals surface area contributed by atoms with Gasteiger partial charge in [-0.2, -0.15) is 0 Å². The third kappa shape index (κ3) is 2.67. The first kappa shape index (κ1) is 15.4. The van der Waals surface area contributed by atoms with Gasteiger partial charge in [0.2, 0.25) is 0 Å². The first-order valence-corrected chi connectivity index (χ1v) is 8.23. The van der Waals surface area contributed by atoms with Crippen LogP contribution in [0.5, 0.6) is 5.75 Å². The number of anilines is 1. The monoisotopic (exact) mass is 334 g/mol. The Balaban J connectivity index is 1.54. The number of hydrogen-bond acceptors (Lipinski definition) is 4. The summed E-state index contributed by atoms with van der Waals surface area (Å²) in [5.41, 5.74) is 3.57. The molecule has 5 heteroatoms. The number of hydrogen-bond donors (Lipinski definition) is 0. The Labute approximate surface area is 146 Å². The Bertz CT molecular complexity index is 871. The van der Waals surface area contributed by atoms with Crippen LogP contribution in [0.2, 0.25) is 0 Å². The highest BCUT2D eigenvalue weighted by atomic mass is 16.5. The minimum atomic E-state index is -0.264. The Morgan fingerprint density at radius 3 is 2.56 bits per heavy atom. The molecule has 2 aromatic rings. The third-order valence-electron chi connectivity index (χ3n) is 4.67. The van der Waals surface area contributed by atoms with E-state index in [2.05, 4.69) is 6.07 Å². The molecule has 2 heterocycles. The molecule has 0 bridgehead atoms. The van der Waals surface area contributed by atoms with Crippen molar-refractivity contribution in [2.24, 2.45) is 0 Å². The van der Waals surface area contributed by atoms with E-state index in [1.165, 1.54) is 16.5 Å². The second-order valence-electron chi connectivity index (χ2n) is 6.14. The van der Waals surface area contributed by atoms with E-state index in [1.54, 1.807) is 7.11 Å². The van der Waals surface area contributed by atoms with E-state index < -0.39 is 0 Å². The fraction of sp³-hybridized carbons (Fsp3) is 0.200. The molecule has 0 saturated carbocycles. The van der Waals surface area contributed by atoms with Gasteiger partial charge in [-0.3, -0.25) is 14.5 Å². The number of para-hydroxylation sites is 1. The highest BCUT2D eigenvalue weighted by molar-refractivity contribution is 6.17. The predicted octanol–water partition coefficient (Wildman–Crippen LogP) is 2.51. The molecule has 2 aliphatic rings. The molecule has 0 aliphatic carbocycles. The lowest BCUT2D eigenvalue weighted by atomic mass is 10.2. The number of fused-ring (bicyclic) bond motifs is 1. The molecular formula is C20H18N2O3. The maximum absolute atomic E-state index is 12.8. The molecule has 0 radical (unpaired) electrons.